The summed E-state index contributed by atoms with van der Waals surface area (Å²) in [6.45, 7) is 7.73. The van der Waals surface area contributed by atoms with E-state index < -0.39 is 6.10 Å². The van der Waals surface area contributed by atoms with E-state index in [1.807, 2.05) is 63.2 Å². The van der Waals surface area contributed by atoms with Crippen LogP contribution in [0.5, 0.6) is 5.75 Å². The number of ether oxygens (including phenoxy) is 1. The molecule has 1 atom stereocenters. The molecular weight excluding hydrogens is 262 g/mol. The van der Waals surface area contributed by atoms with Gasteiger partial charge in [0.25, 0.3) is 5.91 Å². The maximum atomic E-state index is 12.2. The molecule has 0 saturated heterocycles. The Morgan fingerprint density at radius 3 is 2.43 bits per heavy atom. The van der Waals surface area contributed by atoms with Gasteiger partial charge in [-0.2, -0.15) is 0 Å². The van der Waals surface area contributed by atoms with Crippen LogP contribution >= 0.6 is 0 Å². The number of aryl methyl sites for hydroxylation is 3. The highest BCUT2D eigenvalue weighted by Gasteiger charge is 2.16. The van der Waals surface area contributed by atoms with E-state index in [1.54, 1.807) is 6.92 Å². The van der Waals surface area contributed by atoms with Crippen LogP contribution in [-0.4, -0.2) is 12.0 Å². The van der Waals surface area contributed by atoms with Crippen LogP contribution in [0, 0.1) is 20.8 Å². The van der Waals surface area contributed by atoms with Gasteiger partial charge in [-0.05, 0) is 51.0 Å². The summed E-state index contributed by atoms with van der Waals surface area (Å²) < 4.78 is 5.73. The Bertz CT molecular complexity index is 649. The number of hydrogen-bond acceptors (Lipinski definition) is 2. The van der Waals surface area contributed by atoms with Gasteiger partial charge in [-0.3, -0.25) is 4.79 Å². The highest BCUT2D eigenvalue weighted by atomic mass is 16.5. The van der Waals surface area contributed by atoms with E-state index in [2.05, 4.69) is 5.32 Å². The Morgan fingerprint density at radius 1 is 1.05 bits per heavy atom. The van der Waals surface area contributed by atoms with Gasteiger partial charge in [0.2, 0.25) is 0 Å². The molecule has 1 amide bonds. The molecule has 21 heavy (non-hydrogen) atoms. The van der Waals surface area contributed by atoms with E-state index >= 15 is 0 Å². The van der Waals surface area contributed by atoms with Crippen LogP contribution in [0.15, 0.2) is 42.5 Å². The zero-order chi connectivity index (χ0) is 15.4. The number of amides is 1. The van der Waals surface area contributed by atoms with Crippen LogP contribution < -0.4 is 10.1 Å². The van der Waals surface area contributed by atoms with E-state index in [-0.39, 0.29) is 5.91 Å². The molecule has 2 aromatic rings. The van der Waals surface area contributed by atoms with E-state index in [9.17, 15) is 4.79 Å². The molecule has 0 unspecified atom stereocenters. The van der Waals surface area contributed by atoms with Crippen molar-refractivity contribution >= 4 is 11.6 Å². The number of benzene rings is 2. The summed E-state index contributed by atoms with van der Waals surface area (Å²) in [4.78, 5) is 12.2. The molecule has 110 valence electrons. The third kappa shape index (κ3) is 3.85. The van der Waals surface area contributed by atoms with Gasteiger partial charge < -0.3 is 10.1 Å². The average molecular weight is 283 g/mol. The summed E-state index contributed by atoms with van der Waals surface area (Å²) in [5.74, 6) is 0.589. The number of anilines is 1. The van der Waals surface area contributed by atoms with Crippen molar-refractivity contribution in [2.75, 3.05) is 5.32 Å². The molecule has 0 aliphatic rings. The third-order valence-electron chi connectivity index (χ3n) is 3.41. The Balaban J connectivity index is 2.04. The van der Waals surface area contributed by atoms with Crippen molar-refractivity contribution in [1.82, 2.24) is 0 Å². The fourth-order valence-corrected chi connectivity index (χ4v) is 2.12. The zero-order valence-electron chi connectivity index (χ0n) is 12.9. The quantitative estimate of drug-likeness (QED) is 0.920. The van der Waals surface area contributed by atoms with Crippen LogP contribution in [0.2, 0.25) is 0 Å². The second-order valence-corrected chi connectivity index (χ2v) is 5.33. The van der Waals surface area contributed by atoms with Crippen LogP contribution in [0.25, 0.3) is 0 Å². The molecule has 3 heteroatoms. The van der Waals surface area contributed by atoms with Gasteiger partial charge >= 0.3 is 0 Å². The van der Waals surface area contributed by atoms with Gasteiger partial charge in [0, 0.05) is 5.69 Å². The molecule has 0 fully saturated rings. The minimum atomic E-state index is -0.549. The van der Waals surface area contributed by atoms with Crippen molar-refractivity contribution in [2.45, 2.75) is 33.8 Å². The lowest BCUT2D eigenvalue weighted by atomic mass is 10.1. The van der Waals surface area contributed by atoms with Gasteiger partial charge in [-0.25, -0.2) is 0 Å². The highest BCUT2D eigenvalue weighted by Crippen LogP contribution is 2.20. The smallest absolute Gasteiger partial charge is 0.265 e. The molecule has 0 aliphatic carbocycles. The standard InChI is InChI=1S/C18H21NO2/c1-12-9-10-16(14(3)11-12)19-18(20)15(4)21-17-8-6-5-7-13(17)2/h5-11,15H,1-4H3,(H,19,20)/t15-/m0/s1. The molecule has 0 spiro atoms. The monoisotopic (exact) mass is 283 g/mol. The number of para-hydroxylation sites is 1. The highest BCUT2D eigenvalue weighted by molar-refractivity contribution is 5.94. The second kappa shape index (κ2) is 6.44. The van der Waals surface area contributed by atoms with Crippen molar-refractivity contribution < 1.29 is 9.53 Å². The lowest BCUT2D eigenvalue weighted by molar-refractivity contribution is -0.122. The Kier molecular flexibility index (Phi) is 4.63. The first-order valence-corrected chi connectivity index (χ1v) is 7.08. The van der Waals surface area contributed by atoms with Gasteiger partial charge in [0.15, 0.2) is 6.10 Å². The van der Waals surface area contributed by atoms with E-state index in [0.717, 1.165) is 22.6 Å². The fourth-order valence-electron chi connectivity index (χ4n) is 2.12. The average Bonchev–Trinajstić information content (AvgIpc) is 2.44. The number of rotatable bonds is 4. The maximum Gasteiger partial charge on any atom is 0.265 e. The third-order valence-corrected chi connectivity index (χ3v) is 3.41. The molecule has 0 bridgehead atoms. The number of carbonyl (C=O) groups is 1. The van der Waals surface area contributed by atoms with Crippen LogP contribution in [-0.2, 0) is 4.79 Å². The number of carbonyl (C=O) groups excluding carboxylic acids is 1. The lowest BCUT2D eigenvalue weighted by Gasteiger charge is -2.17. The zero-order valence-corrected chi connectivity index (χ0v) is 12.9. The summed E-state index contributed by atoms with van der Waals surface area (Å²) in [7, 11) is 0. The predicted molar refractivity (Wildman–Crippen MR) is 85.8 cm³/mol. The molecule has 2 rings (SSSR count). The van der Waals surface area contributed by atoms with Crippen LogP contribution in [0.4, 0.5) is 5.69 Å². The summed E-state index contributed by atoms with van der Waals surface area (Å²) in [6.07, 6.45) is -0.549. The number of nitrogens with one attached hydrogen (secondary N) is 1. The van der Waals surface area contributed by atoms with Crippen LogP contribution in [0.3, 0.4) is 0 Å². The van der Waals surface area contributed by atoms with Gasteiger partial charge in [-0.1, -0.05) is 35.9 Å². The summed E-state index contributed by atoms with van der Waals surface area (Å²) >= 11 is 0. The Hall–Kier alpha value is -2.29. The van der Waals surface area contributed by atoms with Crippen molar-refractivity contribution in [3.8, 4) is 5.75 Å². The summed E-state index contributed by atoms with van der Waals surface area (Å²) in [6, 6.07) is 13.6. The molecular formula is C18H21NO2. The van der Waals surface area contributed by atoms with E-state index in [4.69, 9.17) is 4.74 Å². The molecule has 2 aromatic carbocycles. The van der Waals surface area contributed by atoms with E-state index in [1.165, 1.54) is 5.56 Å². The topological polar surface area (TPSA) is 38.3 Å². The first-order chi connectivity index (χ1) is 9.97. The normalized spacial score (nSPS) is 11.8. The fraction of sp³-hybridized carbons (Fsp3) is 0.278. The van der Waals surface area contributed by atoms with Crippen molar-refractivity contribution in [2.24, 2.45) is 0 Å². The van der Waals surface area contributed by atoms with Gasteiger partial charge in [0.05, 0.1) is 0 Å². The predicted octanol–water partition coefficient (Wildman–Crippen LogP) is 4.02. The lowest BCUT2D eigenvalue weighted by Crippen LogP contribution is -2.30. The van der Waals surface area contributed by atoms with Crippen LogP contribution in [0.1, 0.15) is 23.6 Å². The Labute approximate surface area is 126 Å². The van der Waals surface area contributed by atoms with Gasteiger partial charge in [-0.15, -0.1) is 0 Å². The molecule has 0 heterocycles. The molecule has 1 N–H and O–H groups in total. The largest absolute Gasteiger partial charge is 0.481 e. The molecule has 0 radical (unpaired) electrons. The minimum Gasteiger partial charge on any atom is -0.481 e. The van der Waals surface area contributed by atoms with E-state index in [0.29, 0.717) is 0 Å². The summed E-state index contributed by atoms with van der Waals surface area (Å²) in [5.41, 5.74) is 4.07. The SMILES string of the molecule is Cc1ccc(NC(=O)[C@H](C)Oc2ccccc2C)c(C)c1. The first-order valence-electron chi connectivity index (χ1n) is 7.08. The summed E-state index contributed by atoms with van der Waals surface area (Å²) in [5, 5.41) is 2.91. The van der Waals surface area contributed by atoms with Gasteiger partial charge in [0.1, 0.15) is 5.75 Å². The molecule has 0 aliphatic heterocycles. The Morgan fingerprint density at radius 2 is 1.76 bits per heavy atom. The second-order valence-electron chi connectivity index (χ2n) is 5.33. The molecule has 0 saturated carbocycles. The van der Waals surface area contributed by atoms with Crippen molar-refractivity contribution in [3.05, 3.63) is 59.2 Å². The number of hydrogen-bond donors (Lipinski definition) is 1. The maximum absolute atomic E-state index is 12.2. The first kappa shape index (κ1) is 15.1. The van der Waals surface area contributed by atoms with Crippen molar-refractivity contribution in [1.29, 1.82) is 0 Å². The molecule has 3 nitrogen and oxygen atoms in total. The minimum absolute atomic E-state index is 0.148. The van der Waals surface area contributed by atoms with Crippen molar-refractivity contribution in [3.63, 3.8) is 0 Å². The molecule has 0 aromatic heterocycles.